The van der Waals surface area contributed by atoms with Gasteiger partial charge in [0.1, 0.15) is 5.82 Å². The highest BCUT2D eigenvalue weighted by atomic mass is 19.1. The number of alkyl halides is 1. The summed E-state index contributed by atoms with van der Waals surface area (Å²) in [4.78, 5) is 8.23. The molecule has 0 bridgehead atoms. The van der Waals surface area contributed by atoms with Crippen LogP contribution in [0.2, 0.25) is 0 Å². The number of halogens is 1. The topological polar surface area (TPSA) is 51.8 Å². The van der Waals surface area contributed by atoms with E-state index in [-0.39, 0.29) is 0 Å². The molecule has 2 rings (SSSR count). The summed E-state index contributed by atoms with van der Waals surface area (Å²) in [5, 5.41) is 0. The molecule has 1 heterocycles. The lowest BCUT2D eigenvalue weighted by atomic mass is 10.2. The standard InChI is InChI=1S/C10H9N3.C2H6.CH3F/c11-9-6-7-12-10(13-9)8-4-2-1-3-5-8;2*1-2/h1-7H,(H2,11,12,13);1-2H3;1H3. The lowest BCUT2D eigenvalue weighted by Crippen LogP contribution is -1.93. The van der Waals surface area contributed by atoms with Crippen molar-refractivity contribution in [2.75, 3.05) is 12.9 Å². The molecule has 4 heteroatoms. The van der Waals surface area contributed by atoms with Gasteiger partial charge >= 0.3 is 0 Å². The van der Waals surface area contributed by atoms with E-state index in [0.717, 1.165) is 5.56 Å². The van der Waals surface area contributed by atoms with Gasteiger partial charge in [0.05, 0.1) is 7.18 Å². The average molecular weight is 235 g/mol. The number of anilines is 1. The number of hydrogen-bond donors (Lipinski definition) is 1. The minimum Gasteiger partial charge on any atom is -0.384 e. The lowest BCUT2D eigenvalue weighted by Gasteiger charge is -1.98. The fourth-order valence-corrected chi connectivity index (χ4v) is 1.10. The van der Waals surface area contributed by atoms with Crippen LogP contribution in [-0.4, -0.2) is 17.1 Å². The molecule has 0 saturated heterocycles. The smallest absolute Gasteiger partial charge is 0.161 e. The molecule has 0 aliphatic rings. The third-order valence-electron chi connectivity index (χ3n) is 1.71. The molecule has 0 aliphatic heterocycles. The maximum Gasteiger partial charge on any atom is 0.161 e. The third kappa shape index (κ3) is 5.06. The van der Waals surface area contributed by atoms with Crippen molar-refractivity contribution in [1.82, 2.24) is 9.97 Å². The Morgan fingerprint density at radius 2 is 1.59 bits per heavy atom. The van der Waals surface area contributed by atoms with Gasteiger partial charge < -0.3 is 5.73 Å². The van der Waals surface area contributed by atoms with Crippen LogP contribution in [0.25, 0.3) is 11.4 Å². The minimum atomic E-state index is 0.494. The molecule has 17 heavy (non-hydrogen) atoms. The van der Waals surface area contributed by atoms with E-state index in [1.807, 2.05) is 44.2 Å². The van der Waals surface area contributed by atoms with Gasteiger partial charge in [0.25, 0.3) is 0 Å². The molecular formula is C13H18FN3. The summed E-state index contributed by atoms with van der Waals surface area (Å²) in [7, 11) is 0.500. The fraction of sp³-hybridized carbons (Fsp3) is 0.231. The molecule has 3 nitrogen and oxygen atoms in total. The van der Waals surface area contributed by atoms with E-state index in [0.29, 0.717) is 18.8 Å². The van der Waals surface area contributed by atoms with Gasteiger partial charge in [-0.05, 0) is 6.07 Å². The van der Waals surface area contributed by atoms with E-state index >= 15 is 0 Å². The van der Waals surface area contributed by atoms with Gasteiger partial charge in [-0.3, -0.25) is 4.39 Å². The first-order valence-corrected chi connectivity index (χ1v) is 5.38. The SMILES string of the molecule is CC.CF.Nc1ccnc(-c2ccccc2)n1. The van der Waals surface area contributed by atoms with Crippen molar-refractivity contribution in [2.45, 2.75) is 13.8 Å². The first-order chi connectivity index (χ1) is 8.36. The Bertz CT molecular complexity index is 404. The number of benzene rings is 1. The van der Waals surface area contributed by atoms with Gasteiger partial charge in [-0.25, -0.2) is 9.97 Å². The van der Waals surface area contributed by atoms with Crippen molar-refractivity contribution in [3.63, 3.8) is 0 Å². The van der Waals surface area contributed by atoms with Crippen LogP contribution in [0.3, 0.4) is 0 Å². The number of aromatic nitrogens is 2. The maximum atomic E-state index is 9.50. The summed E-state index contributed by atoms with van der Waals surface area (Å²) in [6.45, 7) is 4.00. The fourth-order valence-electron chi connectivity index (χ4n) is 1.10. The largest absolute Gasteiger partial charge is 0.384 e. The van der Waals surface area contributed by atoms with Crippen LogP contribution in [0.15, 0.2) is 42.6 Å². The van der Waals surface area contributed by atoms with Gasteiger partial charge in [-0.1, -0.05) is 44.2 Å². The van der Waals surface area contributed by atoms with Crippen LogP contribution in [-0.2, 0) is 0 Å². The monoisotopic (exact) mass is 235 g/mol. The molecule has 0 saturated carbocycles. The van der Waals surface area contributed by atoms with Crippen LogP contribution in [0.1, 0.15) is 13.8 Å². The molecule has 0 fully saturated rings. The summed E-state index contributed by atoms with van der Waals surface area (Å²) in [5.41, 5.74) is 6.53. The summed E-state index contributed by atoms with van der Waals surface area (Å²) in [6.07, 6.45) is 1.66. The van der Waals surface area contributed by atoms with Gasteiger partial charge in [0.2, 0.25) is 0 Å². The van der Waals surface area contributed by atoms with E-state index in [1.165, 1.54) is 0 Å². The number of rotatable bonds is 1. The first kappa shape index (κ1) is 15.0. The number of nitrogens with two attached hydrogens (primary N) is 1. The predicted molar refractivity (Wildman–Crippen MR) is 70.3 cm³/mol. The molecular weight excluding hydrogens is 217 g/mol. The number of hydrogen-bond acceptors (Lipinski definition) is 3. The van der Waals surface area contributed by atoms with E-state index in [4.69, 9.17) is 5.73 Å². The van der Waals surface area contributed by atoms with Gasteiger partial charge in [-0.15, -0.1) is 0 Å². The Balaban J connectivity index is 0.000000581. The van der Waals surface area contributed by atoms with Crippen molar-refractivity contribution < 1.29 is 4.39 Å². The van der Waals surface area contributed by atoms with Crippen LogP contribution < -0.4 is 5.73 Å². The molecule has 0 amide bonds. The van der Waals surface area contributed by atoms with Gasteiger partial charge in [-0.2, -0.15) is 0 Å². The van der Waals surface area contributed by atoms with Gasteiger partial charge in [0, 0.05) is 11.8 Å². The molecule has 0 unspecified atom stereocenters. The number of nitrogen functional groups attached to an aromatic ring is 1. The Labute approximate surface area is 102 Å². The summed E-state index contributed by atoms with van der Waals surface area (Å²) >= 11 is 0. The van der Waals surface area contributed by atoms with Crippen molar-refractivity contribution in [3.8, 4) is 11.4 Å². The summed E-state index contributed by atoms with van der Waals surface area (Å²) in [6, 6.07) is 11.4. The summed E-state index contributed by atoms with van der Waals surface area (Å²) < 4.78 is 9.50. The van der Waals surface area contributed by atoms with Crippen molar-refractivity contribution in [3.05, 3.63) is 42.6 Å². The van der Waals surface area contributed by atoms with Crippen molar-refractivity contribution >= 4 is 5.82 Å². The zero-order chi connectivity index (χ0) is 13.1. The molecule has 0 radical (unpaired) electrons. The van der Waals surface area contributed by atoms with E-state index in [2.05, 4.69) is 9.97 Å². The lowest BCUT2D eigenvalue weighted by molar-refractivity contribution is 0.636. The Hall–Kier alpha value is -1.97. The molecule has 2 N–H and O–H groups in total. The first-order valence-electron chi connectivity index (χ1n) is 5.38. The highest BCUT2D eigenvalue weighted by Crippen LogP contribution is 2.13. The molecule has 92 valence electrons. The molecule has 0 spiro atoms. The molecule has 1 aromatic carbocycles. The van der Waals surface area contributed by atoms with Crippen molar-refractivity contribution in [2.24, 2.45) is 0 Å². The normalized spacial score (nSPS) is 8.24. The minimum absolute atomic E-state index is 0.494. The Kier molecular flexibility index (Phi) is 8.20. The quantitative estimate of drug-likeness (QED) is 0.824. The predicted octanol–water partition coefficient (Wildman–Crippen LogP) is 3.34. The molecule has 2 aromatic rings. The average Bonchev–Trinajstić information content (AvgIpc) is 2.44. The summed E-state index contributed by atoms with van der Waals surface area (Å²) in [5.74, 6) is 1.16. The highest BCUT2D eigenvalue weighted by molar-refractivity contribution is 5.55. The van der Waals surface area contributed by atoms with Gasteiger partial charge in [0.15, 0.2) is 5.82 Å². The van der Waals surface area contributed by atoms with Crippen LogP contribution in [0.4, 0.5) is 10.2 Å². The Morgan fingerprint density at radius 1 is 1.00 bits per heavy atom. The molecule has 1 aromatic heterocycles. The second-order valence-corrected chi connectivity index (χ2v) is 2.67. The highest BCUT2D eigenvalue weighted by Gasteiger charge is 1.98. The zero-order valence-corrected chi connectivity index (χ0v) is 10.4. The second-order valence-electron chi connectivity index (χ2n) is 2.67. The van der Waals surface area contributed by atoms with E-state index < -0.39 is 0 Å². The zero-order valence-electron chi connectivity index (χ0n) is 10.4. The van der Waals surface area contributed by atoms with Crippen molar-refractivity contribution in [1.29, 1.82) is 0 Å². The third-order valence-corrected chi connectivity index (χ3v) is 1.71. The maximum absolute atomic E-state index is 9.50. The number of nitrogens with zero attached hydrogens (tertiary/aromatic N) is 2. The van der Waals surface area contributed by atoms with E-state index in [1.54, 1.807) is 12.3 Å². The van der Waals surface area contributed by atoms with Crippen LogP contribution in [0, 0.1) is 0 Å². The van der Waals surface area contributed by atoms with E-state index in [9.17, 15) is 4.39 Å². The van der Waals surface area contributed by atoms with Crippen LogP contribution in [0.5, 0.6) is 0 Å². The molecule has 0 aliphatic carbocycles. The second kappa shape index (κ2) is 9.27. The Morgan fingerprint density at radius 3 is 2.12 bits per heavy atom. The van der Waals surface area contributed by atoms with Crippen LogP contribution >= 0.6 is 0 Å². The molecule has 0 atom stereocenters.